The van der Waals surface area contributed by atoms with E-state index in [9.17, 15) is 4.79 Å². The highest BCUT2D eigenvalue weighted by atomic mass is 79.9. The SMILES string of the molecule is CCc1cc(-c2ccc(C(N)=O)o2)cc(C)c1Br. The zero-order chi connectivity index (χ0) is 13.3. The quantitative estimate of drug-likeness (QED) is 0.940. The number of furan rings is 1. The van der Waals surface area contributed by atoms with Crippen molar-refractivity contribution in [3.05, 3.63) is 45.6 Å². The number of amides is 1. The van der Waals surface area contributed by atoms with Crippen molar-refractivity contribution in [3.8, 4) is 11.3 Å². The second kappa shape index (κ2) is 4.98. The average molecular weight is 308 g/mol. The van der Waals surface area contributed by atoms with Gasteiger partial charge >= 0.3 is 0 Å². The monoisotopic (exact) mass is 307 g/mol. The van der Waals surface area contributed by atoms with Crippen molar-refractivity contribution in [1.29, 1.82) is 0 Å². The van der Waals surface area contributed by atoms with Crippen LogP contribution >= 0.6 is 15.9 Å². The van der Waals surface area contributed by atoms with Crippen molar-refractivity contribution >= 4 is 21.8 Å². The van der Waals surface area contributed by atoms with Crippen LogP contribution in [-0.2, 0) is 6.42 Å². The van der Waals surface area contributed by atoms with Crippen LogP contribution in [-0.4, -0.2) is 5.91 Å². The van der Waals surface area contributed by atoms with Gasteiger partial charge in [-0.25, -0.2) is 0 Å². The van der Waals surface area contributed by atoms with Gasteiger partial charge in [0.2, 0.25) is 0 Å². The summed E-state index contributed by atoms with van der Waals surface area (Å²) in [5.74, 6) is 0.295. The van der Waals surface area contributed by atoms with Crippen molar-refractivity contribution < 1.29 is 9.21 Å². The van der Waals surface area contributed by atoms with E-state index in [1.807, 2.05) is 13.0 Å². The second-order valence-electron chi connectivity index (χ2n) is 4.15. The summed E-state index contributed by atoms with van der Waals surface area (Å²) in [7, 11) is 0. The van der Waals surface area contributed by atoms with E-state index < -0.39 is 5.91 Å². The third-order valence-electron chi connectivity index (χ3n) is 2.84. The minimum atomic E-state index is -0.550. The molecule has 18 heavy (non-hydrogen) atoms. The van der Waals surface area contributed by atoms with Crippen LogP contribution in [0.3, 0.4) is 0 Å². The average Bonchev–Trinajstić information content (AvgIpc) is 2.82. The Morgan fingerprint density at radius 2 is 2.11 bits per heavy atom. The Hall–Kier alpha value is -1.55. The number of rotatable bonds is 3. The van der Waals surface area contributed by atoms with Crippen LogP contribution in [0.25, 0.3) is 11.3 Å². The molecule has 3 nitrogen and oxygen atoms in total. The van der Waals surface area contributed by atoms with Crippen molar-refractivity contribution in [3.63, 3.8) is 0 Å². The molecular weight excluding hydrogens is 294 g/mol. The second-order valence-corrected chi connectivity index (χ2v) is 4.94. The van der Waals surface area contributed by atoms with Crippen LogP contribution in [0, 0.1) is 6.92 Å². The zero-order valence-corrected chi connectivity index (χ0v) is 11.9. The number of aryl methyl sites for hydroxylation is 2. The van der Waals surface area contributed by atoms with Gasteiger partial charge in [-0.3, -0.25) is 4.79 Å². The van der Waals surface area contributed by atoms with E-state index >= 15 is 0 Å². The summed E-state index contributed by atoms with van der Waals surface area (Å²) in [6.45, 7) is 4.13. The molecule has 0 bridgehead atoms. The number of benzene rings is 1. The number of carbonyl (C=O) groups excluding carboxylic acids is 1. The molecule has 2 N–H and O–H groups in total. The molecule has 0 saturated heterocycles. The van der Waals surface area contributed by atoms with Crippen LogP contribution in [0.1, 0.15) is 28.6 Å². The van der Waals surface area contributed by atoms with E-state index in [2.05, 4.69) is 28.9 Å². The lowest BCUT2D eigenvalue weighted by Gasteiger charge is -2.08. The van der Waals surface area contributed by atoms with Crippen molar-refractivity contribution in [2.24, 2.45) is 5.73 Å². The smallest absolute Gasteiger partial charge is 0.284 e. The standard InChI is InChI=1S/C14H14BrNO2/c1-3-9-7-10(6-8(2)13(9)15)11-4-5-12(18-11)14(16)17/h4-7H,3H2,1-2H3,(H2,16,17). The molecular formula is C14H14BrNO2. The van der Waals surface area contributed by atoms with E-state index in [4.69, 9.17) is 10.2 Å². The molecule has 0 aliphatic carbocycles. The van der Waals surface area contributed by atoms with Crippen molar-refractivity contribution in [2.45, 2.75) is 20.3 Å². The molecule has 2 aromatic rings. The van der Waals surface area contributed by atoms with Gasteiger partial charge in [-0.2, -0.15) is 0 Å². The van der Waals surface area contributed by atoms with Gasteiger partial charge < -0.3 is 10.2 Å². The predicted octanol–water partition coefficient (Wildman–Crippen LogP) is 3.68. The highest BCUT2D eigenvalue weighted by Gasteiger charge is 2.11. The molecule has 0 saturated carbocycles. The number of carbonyl (C=O) groups is 1. The highest BCUT2D eigenvalue weighted by Crippen LogP contribution is 2.30. The maximum atomic E-state index is 11.0. The molecule has 94 valence electrons. The number of hydrogen-bond donors (Lipinski definition) is 1. The van der Waals surface area contributed by atoms with Crippen molar-refractivity contribution in [2.75, 3.05) is 0 Å². The molecule has 0 unspecified atom stereocenters. The Bertz CT molecular complexity index is 602. The molecule has 4 heteroatoms. The van der Waals surface area contributed by atoms with Crippen molar-refractivity contribution in [1.82, 2.24) is 0 Å². The molecule has 1 aromatic carbocycles. The van der Waals surface area contributed by atoms with E-state index in [0.717, 1.165) is 22.0 Å². The fourth-order valence-corrected chi connectivity index (χ4v) is 2.38. The largest absolute Gasteiger partial charge is 0.451 e. The van der Waals surface area contributed by atoms with Gasteiger partial charge in [-0.15, -0.1) is 0 Å². The lowest BCUT2D eigenvalue weighted by Crippen LogP contribution is -2.09. The fraction of sp³-hybridized carbons (Fsp3) is 0.214. The van der Waals surface area contributed by atoms with Gasteiger partial charge in [0.15, 0.2) is 5.76 Å². The van der Waals surface area contributed by atoms with E-state index in [1.54, 1.807) is 12.1 Å². The summed E-state index contributed by atoms with van der Waals surface area (Å²) in [4.78, 5) is 11.0. The van der Waals surface area contributed by atoms with Crippen LogP contribution in [0.2, 0.25) is 0 Å². The number of nitrogens with two attached hydrogens (primary N) is 1. The Balaban J connectivity index is 2.50. The number of hydrogen-bond acceptors (Lipinski definition) is 2. The molecule has 0 spiro atoms. The normalized spacial score (nSPS) is 10.6. The zero-order valence-electron chi connectivity index (χ0n) is 10.3. The molecule has 0 atom stereocenters. The Labute approximate surface area is 114 Å². The number of primary amides is 1. The van der Waals surface area contributed by atoms with Crippen LogP contribution in [0.5, 0.6) is 0 Å². The van der Waals surface area contributed by atoms with Gasteiger partial charge in [-0.1, -0.05) is 22.9 Å². The molecule has 1 amide bonds. The molecule has 0 fully saturated rings. The lowest BCUT2D eigenvalue weighted by atomic mass is 10.0. The Morgan fingerprint density at radius 3 is 2.67 bits per heavy atom. The minimum absolute atomic E-state index is 0.184. The molecule has 0 aliphatic rings. The molecule has 1 aromatic heterocycles. The van der Waals surface area contributed by atoms with Gasteiger partial charge in [0.1, 0.15) is 5.76 Å². The van der Waals surface area contributed by atoms with Crippen LogP contribution < -0.4 is 5.73 Å². The van der Waals surface area contributed by atoms with Gasteiger partial charge in [0.25, 0.3) is 5.91 Å². The third kappa shape index (κ3) is 2.34. The highest BCUT2D eigenvalue weighted by molar-refractivity contribution is 9.10. The first-order chi connectivity index (χ1) is 8.52. The summed E-state index contributed by atoms with van der Waals surface area (Å²) < 4.78 is 6.56. The summed E-state index contributed by atoms with van der Waals surface area (Å²) in [5, 5.41) is 0. The fourth-order valence-electron chi connectivity index (χ4n) is 1.87. The Kier molecular flexibility index (Phi) is 3.57. The summed E-state index contributed by atoms with van der Waals surface area (Å²) >= 11 is 3.57. The maximum absolute atomic E-state index is 11.0. The van der Waals surface area contributed by atoms with Crippen LogP contribution in [0.15, 0.2) is 33.2 Å². The summed E-state index contributed by atoms with van der Waals surface area (Å²) in [5.41, 5.74) is 8.48. The third-order valence-corrected chi connectivity index (χ3v) is 3.98. The number of halogens is 1. The summed E-state index contributed by atoms with van der Waals surface area (Å²) in [6, 6.07) is 7.44. The maximum Gasteiger partial charge on any atom is 0.284 e. The van der Waals surface area contributed by atoms with E-state index in [-0.39, 0.29) is 5.76 Å². The summed E-state index contributed by atoms with van der Waals surface area (Å²) in [6.07, 6.45) is 0.929. The van der Waals surface area contributed by atoms with Crippen LogP contribution in [0.4, 0.5) is 0 Å². The lowest BCUT2D eigenvalue weighted by molar-refractivity contribution is 0.0974. The molecule has 0 aliphatic heterocycles. The first-order valence-corrected chi connectivity index (χ1v) is 6.51. The first-order valence-electron chi connectivity index (χ1n) is 5.72. The van der Waals surface area contributed by atoms with E-state index in [1.165, 1.54) is 5.56 Å². The van der Waals surface area contributed by atoms with Gasteiger partial charge in [-0.05, 0) is 48.7 Å². The Morgan fingerprint density at radius 1 is 1.39 bits per heavy atom. The van der Waals surface area contributed by atoms with Gasteiger partial charge in [0.05, 0.1) is 0 Å². The predicted molar refractivity (Wildman–Crippen MR) is 74.5 cm³/mol. The molecule has 0 radical (unpaired) electrons. The first kappa shape index (κ1) is 12.9. The molecule has 2 rings (SSSR count). The molecule has 1 heterocycles. The van der Waals surface area contributed by atoms with E-state index in [0.29, 0.717) is 5.76 Å². The topological polar surface area (TPSA) is 56.2 Å². The van der Waals surface area contributed by atoms with Gasteiger partial charge in [0, 0.05) is 10.0 Å². The minimum Gasteiger partial charge on any atom is -0.451 e.